The summed E-state index contributed by atoms with van der Waals surface area (Å²) in [6.45, 7) is 3.59. The molecule has 3 heterocycles. The minimum atomic E-state index is -3.49. The maximum atomic E-state index is 12.7. The highest BCUT2D eigenvalue weighted by Crippen LogP contribution is 2.24. The zero-order valence-corrected chi connectivity index (χ0v) is 15.4. The van der Waals surface area contributed by atoms with Gasteiger partial charge in [0.25, 0.3) is 0 Å². The van der Waals surface area contributed by atoms with E-state index in [4.69, 9.17) is 4.74 Å². The van der Waals surface area contributed by atoms with Gasteiger partial charge in [-0.2, -0.15) is 0 Å². The van der Waals surface area contributed by atoms with Crippen LogP contribution in [0.25, 0.3) is 0 Å². The SMILES string of the molecule is O=S(=O)(NC1CCN(Cc2ccccn2)CC1)c1ccc2c(c1)COC2. The van der Waals surface area contributed by atoms with Crippen LogP contribution in [0.5, 0.6) is 0 Å². The van der Waals surface area contributed by atoms with Crippen molar-refractivity contribution in [1.82, 2.24) is 14.6 Å². The molecule has 0 bridgehead atoms. The molecule has 2 aromatic rings. The van der Waals surface area contributed by atoms with Crippen LogP contribution in [0.3, 0.4) is 0 Å². The van der Waals surface area contributed by atoms with E-state index in [-0.39, 0.29) is 6.04 Å². The normalized spacial score (nSPS) is 18.8. The Morgan fingerprint density at radius 2 is 1.92 bits per heavy atom. The smallest absolute Gasteiger partial charge is 0.240 e. The molecule has 0 saturated carbocycles. The van der Waals surface area contributed by atoms with Crippen LogP contribution < -0.4 is 4.72 Å². The van der Waals surface area contributed by atoms with Gasteiger partial charge in [0.1, 0.15) is 0 Å². The molecule has 2 aliphatic rings. The van der Waals surface area contributed by atoms with E-state index in [0.29, 0.717) is 18.1 Å². The zero-order valence-electron chi connectivity index (χ0n) is 14.6. The first kappa shape index (κ1) is 17.6. The van der Waals surface area contributed by atoms with Gasteiger partial charge < -0.3 is 4.74 Å². The number of rotatable bonds is 5. The molecule has 6 nitrogen and oxygen atoms in total. The third kappa shape index (κ3) is 3.96. The molecule has 7 heteroatoms. The summed E-state index contributed by atoms with van der Waals surface area (Å²) in [6.07, 6.45) is 3.41. The number of piperidine rings is 1. The lowest BCUT2D eigenvalue weighted by molar-refractivity contribution is 0.134. The van der Waals surface area contributed by atoms with Crippen molar-refractivity contribution in [3.63, 3.8) is 0 Å². The van der Waals surface area contributed by atoms with Crippen LogP contribution in [0.1, 0.15) is 29.7 Å². The van der Waals surface area contributed by atoms with E-state index in [1.165, 1.54) is 0 Å². The number of ether oxygens (including phenoxy) is 1. The molecule has 1 fully saturated rings. The number of hydrogen-bond acceptors (Lipinski definition) is 5. The Bertz CT molecular complexity index is 863. The highest BCUT2D eigenvalue weighted by Gasteiger charge is 2.25. The summed E-state index contributed by atoms with van der Waals surface area (Å²) < 4.78 is 33.6. The predicted octanol–water partition coefficient (Wildman–Crippen LogP) is 2.05. The van der Waals surface area contributed by atoms with Gasteiger partial charge in [0.15, 0.2) is 0 Å². The monoisotopic (exact) mass is 373 g/mol. The second kappa shape index (κ2) is 7.44. The third-order valence-electron chi connectivity index (χ3n) is 5.02. The lowest BCUT2D eigenvalue weighted by Gasteiger charge is -2.31. The van der Waals surface area contributed by atoms with E-state index in [2.05, 4.69) is 14.6 Å². The Morgan fingerprint density at radius 1 is 1.12 bits per heavy atom. The Morgan fingerprint density at radius 3 is 2.69 bits per heavy atom. The fourth-order valence-corrected chi connectivity index (χ4v) is 4.89. The third-order valence-corrected chi connectivity index (χ3v) is 6.54. The molecular formula is C19H23N3O3S. The second-order valence-electron chi connectivity index (χ2n) is 6.92. The van der Waals surface area contributed by atoms with Crippen molar-refractivity contribution in [2.45, 2.75) is 43.5 Å². The summed E-state index contributed by atoms with van der Waals surface area (Å²) in [5, 5.41) is 0. The maximum Gasteiger partial charge on any atom is 0.240 e. The average Bonchev–Trinajstić information content (AvgIpc) is 3.12. The second-order valence-corrected chi connectivity index (χ2v) is 8.63. The first-order valence-corrected chi connectivity index (χ1v) is 10.4. The van der Waals surface area contributed by atoms with Gasteiger partial charge in [-0.25, -0.2) is 13.1 Å². The van der Waals surface area contributed by atoms with Gasteiger partial charge in [0, 0.05) is 31.9 Å². The Hall–Kier alpha value is -1.80. The minimum absolute atomic E-state index is 0.0236. The molecule has 0 aliphatic carbocycles. The van der Waals surface area contributed by atoms with E-state index < -0.39 is 10.0 Å². The molecule has 1 aromatic carbocycles. The lowest BCUT2D eigenvalue weighted by atomic mass is 10.1. The van der Waals surface area contributed by atoms with Crippen molar-refractivity contribution in [1.29, 1.82) is 0 Å². The van der Waals surface area contributed by atoms with Gasteiger partial charge >= 0.3 is 0 Å². The molecule has 4 rings (SSSR count). The topological polar surface area (TPSA) is 71.5 Å². The summed E-state index contributed by atoms with van der Waals surface area (Å²) in [7, 11) is -3.49. The largest absolute Gasteiger partial charge is 0.372 e. The first-order valence-electron chi connectivity index (χ1n) is 8.94. The van der Waals surface area contributed by atoms with Crippen molar-refractivity contribution in [3.05, 3.63) is 59.4 Å². The number of benzene rings is 1. The highest BCUT2D eigenvalue weighted by atomic mass is 32.2. The van der Waals surface area contributed by atoms with E-state index >= 15 is 0 Å². The molecule has 1 N–H and O–H groups in total. The quantitative estimate of drug-likeness (QED) is 0.869. The summed E-state index contributed by atoms with van der Waals surface area (Å²) >= 11 is 0. The molecule has 1 saturated heterocycles. The van der Waals surface area contributed by atoms with Crippen molar-refractivity contribution in [2.75, 3.05) is 13.1 Å². The summed E-state index contributed by atoms with van der Waals surface area (Å²) in [6, 6.07) is 11.2. The molecule has 26 heavy (non-hydrogen) atoms. The number of sulfonamides is 1. The zero-order chi connectivity index (χ0) is 18.0. The molecule has 0 radical (unpaired) electrons. The maximum absolute atomic E-state index is 12.7. The first-order chi connectivity index (χ1) is 12.6. The van der Waals surface area contributed by atoms with E-state index in [9.17, 15) is 8.42 Å². The Labute approximate surface area is 154 Å². The highest BCUT2D eigenvalue weighted by molar-refractivity contribution is 7.89. The summed E-state index contributed by atoms with van der Waals surface area (Å²) in [5.74, 6) is 0. The standard InChI is InChI=1S/C19H23N3O3S/c23-26(24,19-5-4-15-13-25-14-16(15)11-19)21-17-6-9-22(10-7-17)12-18-3-1-2-8-20-18/h1-5,8,11,17,21H,6-7,9-10,12-14H2. The number of nitrogens with zero attached hydrogens (tertiary/aromatic N) is 2. The van der Waals surface area contributed by atoms with Crippen LogP contribution in [-0.4, -0.2) is 37.4 Å². The fourth-order valence-electron chi connectivity index (χ4n) is 3.53. The molecule has 0 atom stereocenters. The molecule has 0 spiro atoms. The molecule has 2 aliphatic heterocycles. The number of nitrogens with one attached hydrogen (secondary N) is 1. The average molecular weight is 373 g/mol. The van der Waals surface area contributed by atoms with Crippen LogP contribution in [0.4, 0.5) is 0 Å². The van der Waals surface area contributed by atoms with Crippen molar-refractivity contribution in [3.8, 4) is 0 Å². The van der Waals surface area contributed by atoms with Crippen molar-refractivity contribution < 1.29 is 13.2 Å². The van der Waals surface area contributed by atoms with Gasteiger partial charge in [0.05, 0.1) is 23.8 Å². The molecule has 1 aromatic heterocycles. The number of pyridine rings is 1. The van der Waals surface area contributed by atoms with Gasteiger partial charge in [0.2, 0.25) is 10.0 Å². The minimum Gasteiger partial charge on any atom is -0.372 e. The van der Waals surface area contributed by atoms with Gasteiger partial charge in [-0.1, -0.05) is 12.1 Å². The van der Waals surface area contributed by atoms with E-state index in [0.717, 1.165) is 49.3 Å². The lowest BCUT2D eigenvalue weighted by Crippen LogP contribution is -2.44. The number of likely N-dealkylation sites (tertiary alicyclic amines) is 1. The fraction of sp³-hybridized carbons (Fsp3) is 0.421. The van der Waals surface area contributed by atoms with Crippen LogP contribution in [-0.2, 0) is 34.5 Å². The Kier molecular flexibility index (Phi) is 5.04. The summed E-state index contributed by atoms with van der Waals surface area (Å²) in [4.78, 5) is 7.01. The molecule has 138 valence electrons. The van der Waals surface area contributed by atoms with Crippen molar-refractivity contribution >= 4 is 10.0 Å². The van der Waals surface area contributed by atoms with E-state index in [1.54, 1.807) is 18.3 Å². The van der Waals surface area contributed by atoms with Crippen LogP contribution in [0.15, 0.2) is 47.5 Å². The Balaban J connectivity index is 1.35. The number of fused-ring (bicyclic) bond motifs is 1. The number of hydrogen-bond donors (Lipinski definition) is 1. The van der Waals surface area contributed by atoms with Crippen LogP contribution in [0.2, 0.25) is 0 Å². The van der Waals surface area contributed by atoms with E-state index in [1.807, 2.05) is 24.3 Å². The van der Waals surface area contributed by atoms with Crippen molar-refractivity contribution in [2.24, 2.45) is 0 Å². The van der Waals surface area contributed by atoms with Gasteiger partial charge in [-0.3, -0.25) is 9.88 Å². The molecule has 0 amide bonds. The van der Waals surface area contributed by atoms with Crippen LogP contribution in [0, 0.1) is 0 Å². The molecule has 0 unspecified atom stereocenters. The van der Waals surface area contributed by atoms with Gasteiger partial charge in [-0.15, -0.1) is 0 Å². The predicted molar refractivity (Wildman–Crippen MR) is 97.8 cm³/mol. The number of aromatic nitrogens is 1. The molecular weight excluding hydrogens is 350 g/mol. The summed E-state index contributed by atoms with van der Waals surface area (Å²) in [5.41, 5.74) is 3.09. The van der Waals surface area contributed by atoms with Crippen LogP contribution >= 0.6 is 0 Å². The van der Waals surface area contributed by atoms with Gasteiger partial charge in [-0.05, 0) is 48.2 Å².